The first-order valence-electron chi connectivity index (χ1n) is 4.77. The minimum absolute atomic E-state index is 0.00190. The van der Waals surface area contributed by atoms with Gasteiger partial charge in [0.1, 0.15) is 0 Å². The summed E-state index contributed by atoms with van der Waals surface area (Å²) in [6.45, 7) is 0. The zero-order chi connectivity index (χ0) is 10.4. The third kappa shape index (κ3) is 4.50. The maximum absolute atomic E-state index is 11.3. The molecule has 0 aromatic carbocycles. The summed E-state index contributed by atoms with van der Waals surface area (Å²) in [5, 5.41) is 11.3. The second kappa shape index (κ2) is 5.90. The number of nitrogens with one attached hydrogen (secondary N) is 1. The van der Waals surface area contributed by atoms with Crippen molar-refractivity contribution in [1.29, 1.82) is 0 Å². The molecule has 1 aliphatic rings. The molecule has 0 aromatic rings. The highest BCUT2D eigenvalue weighted by Crippen LogP contribution is 2.17. The number of hydrogen-bond acceptors (Lipinski definition) is 3. The average Bonchev–Trinajstić information content (AvgIpc) is 2.56. The molecule has 4 nitrogen and oxygen atoms in total. The van der Waals surface area contributed by atoms with Crippen molar-refractivity contribution < 1.29 is 14.7 Å². The Morgan fingerprint density at radius 2 is 1.93 bits per heavy atom. The summed E-state index contributed by atoms with van der Waals surface area (Å²) in [6.07, 6.45) is 4.51. The Bertz CT molecular complexity index is 214. The Kier molecular flexibility index (Phi) is 4.79. The van der Waals surface area contributed by atoms with E-state index in [-0.39, 0.29) is 17.4 Å². The van der Waals surface area contributed by atoms with Crippen molar-refractivity contribution in [2.24, 2.45) is 0 Å². The molecule has 0 aromatic heterocycles. The summed E-state index contributed by atoms with van der Waals surface area (Å²) in [5.74, 6) is -0.659. The molecule has 0 heterocycles. The average molecular weight is 217 g/mol. The molecule has 1 saturated carbocycles. The van der Waals surface area contributed by atoms with Crippen LogP contribution in [-0.4, -0.2) is 34.5 Å². The van der Waals surface area contributed by atoms with Gasteiger partial charge in [-0.15, -0.1) is 11.8 Å². The molecule has 0 aliphatic heterocycles. The van der Waals surface area contributed by atoms with E-state index in [0.717, 1.165) is 24.6 Å². The zero-order valence-corrected chi connectivity index (χ0v) is 8.81. The molecular weight excluding hydrogens is 202 g/mol. The van der Waals surface area contributed by atoms with E-state index in [4.69, 9.17) is 5.11 Å². The number of thioether (sulfide) groups is 1. The number of aliphatic carboxylic acids is 1. The first kappa shape index (κ1) is 11.4. The van der Waals surface area contributed by atoms with Crippen LogP contribution in [0.25, 0.3) is 0 Å². The van der Waals surface area contributed by atoms with Crippen molar-refractivity contribution in [1.82, 2.24) is 5.32 Å². The fourth-order valence-electron chi connectivity index (χ4n) is 1.57. The fraction of sp³-hybridized carbons (Fsp3) is 0.778. The van der Waals surface area contributed by atoms with Gasteiger partial charge in [-0.2, -0.15) is 0 Å². The van der Waals surface area contributed by atoms with Gasteiger partial charge in [0.2, 0.25) is 5.91 Å². The van der Waals surface area contributed by atoms with Crippen LogP contribution in [0.15, 0.2) is 0 Å². The van der Waals surface area contributed by atoms with Crippen molar-refractivity contribution in [2.45, 2.75) is 31.7 Å². The quantitative estimate of drug-likeness (QED) is 0.717. The number of carboxylic acids is 1. The van der Waals surface area contributed by atoms with Gasteiger partial charge in [-0.05, 0) is 12.8 Å². The van der Waals surface area contributed by atoms with Gasteiger partial charge >= 0.3 is 5.97 Å². The highest BCUT2D eigenvalue weighted by Gasteiger charge is 2.16. The lowest BCUT2D eigenvalue weighted by Crippen LogP contribution is -2.34. The molecule has 1 aliphatic carbocycles. The van der Waals surface area contributed by atoms with Crippen LogP contribution in [0.1, 0.15) is 25.7 Å². The first-order valence-corrected chi connectivity index (χ1v) is 5.93. The van der Waals surface area contributed by atoms with E-state index >= 15 is 0 Å². The van der Waals surface area contributed by atoms with E-state index < -0.39 is 5.97 Å². The molecule has 1 rings (SSSR count). The Hall–Kier alpha value is -0.710. The van der Waals surface area contributed by atoms with Gasteiger partial charge in [0.25, 0.3) is 0 Å². The van der Waals surface area contributed by atoms with Crippen LogP contribution >= 0.6 is 11.8 Å². The standard InChI is InChI=1S/C9H15NO3S/c11-8(5-14-6-9(12)13)10-7-3-1-2-4-7/h7H,1-6H2,(H,10,11)(H,12,13). The second-order valence-corrected chi connectivity index (χ2v) is 4.42. The summed E-state index contributed by atoms with van der Waals surface area (Å²) in [7, 11) is 0. The molecule has 0 unspecified atom stereocenters. The largest absolute Gasteiger partial charge is 0.481 e. The number of carbonyl (C=O) groups is 2. The number of carbonyl (C=O) groups excluding carboxylic acids is 1. The van der Waals surface area contributed by atoms with Gasteiger partial charge in [-0.25, -0.2) is 0 Å². The Labute approximate surface area is 87.4 Å². The van der Waals surface area contributed by atoms with E-state index in [1.54, 1.807) is 0 Å². The lowest BCUT2D eigenvalue weighted by molar-refractivity contribution is -0.133. The lowest BCUT2D eigenvalue weighted by atomic mass is 10.2. The number of amides is 1. The molecule has 1 fully saturated rings. The van der Waals surface area contributed by atoms with Crippen LogP contribution in [0.5, 0.6) is 0 Å². The minimum atomic E-state index is -0.872. The number of rotatable bonds is 5. The van der Waals surface area contributed by atoms with Crippen LogP contribution in [0.2, 0.25) is 0 Å². The molecule has 0 atom stereocenters. The van der Waals surface area contributed by atoms with Crippen molar-refractivity contribution in [2.75, 3.05) is 11.5 Å². The SMILES string of the molecule is O=C(O)CSCC(=O)NC1CCCC1. The van der Waals surface area contributed by atoms with Gasteiger partial charge in [-0.1, -0.05) is 12.8 Å². The maximum Gasteiger partial charge on any atom is 0.313 e. The van der Waals surface area contributed by atoms with Gasteiger partial charge in [-0.3, -0.25) is 9.59 Å². The topological polar surface area (TPSA) is 66.4 Å². The zero-order valence-electron chi connectivity index (χ0n) is 7.99. The maximum atomic E-state index is 11.3. The van der Waals surface area contributed by atoms with Crippen molar-refractivity contribution in [3.8, 4) is 0 Å². The molecule has 0 radical (unpaired) electrons. The monoisotopic (exact) mass is 217 g/mol. The van der Waals surface area contributed by atoms with Crippen LogP contribution < -0.4 is 5.32 Å². The molecule has 2 N–H and O–H groups in total. The molecule has 0 spiro atoms. The lowest BCUT2D eigenvalue weighted by Gasteiger charge is -2.10. The van der Waals surface area contributed by atoms with Crippen molar-refractivity contribution in [3.63, 3.8) is 0 Å². The molecule has 0 saturated heterocycles. The van der Waals surface area contributed by atoms with Crippen molar-refractivity contribution >= 4 is 23.6 Å². The molecule has 5 heteroatoms. The second-order valence-electron chi connectivity index (χ2n) is 3.44. The van der Waals surface area contributed by atoms with Gasteiger partial charge in [0.05, 0.1) is 11.5 Å². The van der Waals surface area contributed by atoms with E-state index in [1.807, 2.05) is 0 Å². The molecule has 14 heavy (non-hydrogen) atoms. The Morgan fingerprint density at radius 3 is 2.50 bits per heavy atom. The highest BCUT2D eigenvalue weighted by atomic mass is 32.2. The number of hydrogen-bond donors (Lipinski definition) is 2. The predicted molar refractivity (Wildman–Crippen MR) is 55.4 cm³/mol. The van der Waals surface area contributed by atoms with Crippen LogP contribution in [0.3, 0.4) is 0 Å². The summed E-state index contributed by atoms with van der Waals surface area (Å²) < 4.78 is 0. The molecule has 1 amide bonds. The molecule has 0 bridgehead atoms. The van der Waals surface area contributed by atoms with E-state index in [9.17, 15) is 9.59 Å². The van der Waals surface area contributed by atoms with Gasteiger partial charge in [0.15, 0.2) is 0 Å². The van der Waals surface area contributed by atoms with Gasteiger partial charge in [0, 0.05) is 6.04 Å². The summed E-state index contributed by atoms with van der Waals surface area (Å²) in [5.41, 5.74) is 0. The van der Waals surface area contributed by atoms with E-state index in [0.29, 0.717) is 6.04 Å². The van der Waals surface area contributed by atoms with Crippen LogP contribution in [0, 0.1) is 0 Å². The smallest absolute Gasteiger partial charge is 0.313 e. The highest BCUT2D eigenvalue weighted by molar-refractivity contribution is 8.00. The van der Waals surface area contributed by atoms with Crippen LogP contribution in [0.4, 0.5) is 0 Å². The summed E-state index contributed by atoms with van der Waals surface area (Å²) in [6, 6.07) is 0.327. The Morgan fingerprint density at radius 1 is 1.29 bits per heavy atom. The van der Waals surface area contributed by atoms with Crippen molar-refractivity contribution in [3.05, 3.63) is 0 Å². The molecule has 80 valence electrons. The Balaban J connectivity index is 2.06. The van der Waals surface area contributed by atoms with Crippen LogP contribution in [-0.2, 0) is 9.59 Å². The third-order valence-corrected chi connectivity index (χ3v) is 3.10. The first-order chi connectivity index (χ1) is 6.68. The minimum Gasteiger partial charge on any atom is -0.481 e. The molecular formula is C9H15NO3S. The summed E-state index contributed by atoms with van der Waals surface area (Å²) >= 11 is 1.14. The third-order valence-electron chi connectivity index (χ3n) is 2.18. The number of carboxylic acid groups (broad SMARTS) is 1. The van der Waals surface area contributed by atoms with Gasteiger partial charge < -0.3 is 10.4 Å². The van der Waals surface area contributed by atoms with E-state index in [2.05, 4.69) is 5.32 Å². The fourth-order valence-corrected chi connectivity index (χ4v) is 2.12. The summed E-state index contributed by atoms with van der Waals surface area (Å²) in [4.78, 5) is 21.4. The normalized spacial score (nSPS) is 16.9. The van der Waals surface area contributed by atoms with E-state index in [1.165, 1.54) is 12.8 Å². The predicted octanol–water partition coefficient (Wildman–Crippen LogP) is 0.863.